The van der Waals surface area contributed by atoms with Gasteiger partial charge in [0.25, 0.3) is 15.0 Å². The number of hydrogen-bond donors (Lipinski definition) is 1. The van der Waals surface area contributed by atoms with Crippen LogP contribution in [-0.2, 0) is 20.3 Å². The molecule has 118 valence electrons. The Morgan fingerprint density at radius 3 is 2.71 bits per heavy atom. The minimum Gasteiger partial charge on any atom is -0.381 e. The largest absolute Gasteiger partial charge is 0.381 e. The van der Waals surface area contributed by atoms with Gasteiger partial charge in [-0.3, -0.25) is 4.79 Å². The van der Waals surface area contributed by atoms with E-state index in [1.165, 1.54) is 12.3 Å². The maximum absolute atomic E-state index is 12.3. The van der Waals surface area contributed by atoms with E-state index in [9.17, 15) is 13.2 Å². The molecular formula is C13H19ClN2O4S. The normalized spacial score (nSPS) is 21.9. The molecule has 1 aromatic rings. The fourth-order valence-electron chi connectivity index (χ4n) is 2.37. The second kappa shape index (κ2) is 6.37. The van der Waals surface area contributed by atoms with Crippen molar-refractivity contribution in [3.8, 4) is 0 Å². The fraction of sp³-hybridized carbons (Fsp3) is 0.615. The van der Waals surface area contributed by atoms with Crippen LogP contribution in [0.2, 0.25) is 0 Å². The summed E-state index contributed by atoms with van der Waals surface area (Å²) in [5.74, 6) is -0.283. The van der Waals surface area contributed by atoms with Gasteiger partial charge in [0.2, 0.25) is 0 Å². The molecule has 21 heavy (non-hydrogen) atoms. The van der Waals surface area contributed by atoms with Gasteiger partial charge in [-0.25, -0.2) is 8.42 Å². The van der Waals surface area contributed by atoms with E-state index >= 15 is 0 Å². The molecule has 0 atom stereocenters. The third kappa shape index (κ3) is 3.78. The number of methoxy groups -OCH3 is 1. The molecule has 0 bridgehead atoms. The number of hydrogen-bond acceptors (Lipinski definition) is 4. The third-order valence-corrected chi connectivity index (χ3v) is 4.93. The Kier molecular flexibility index (Phi) is 4.95. The molecule has 0 aromatic carbocycles. The molecule has 1 fully saturated rings. The molecule has 1 saturated carbocycles. The van der Waals surface area contributed by atoms with E-state index < -0.39 is 9.05 Å². The van der Waals surface area contributed by atoms with E-state index in [0.29, 0.717) is 12.2 Å². The maximum Gasteiger partial charge on any atom is 0.268 e. The molecule has 0 unspecified atom stereocenters. The molecule has 1 N–H and O–H groups in total. The first-order chi connectivity index (χ1) is 9.85. The van der Waals surface area contributed by atoms with Gasteiger partial charge in [0, 0.05) is 36.6 Å². The van der Waals surface area contributed by atoms with E-state index in [1.54, 1.807) is 11.7 Å². The maximum atomic E-state index is 12.3. The van der Waals surface area contributed by atoms with Crippen LogP contribution in [0, 0.1) is 0 Å². The van der Waals surface area contributed by atoms with Crippen molar-refractivity contribution in [1.29, 1.82) is 0 Å². The molecule has 8 heteroatoms. The lowest BCUT2D eigenvalue weighted by atomic mass is 9.89. The number of amides is 1. The first-order valence-electron chi connectivity index (χ1n) is 6.83. The van der Waals surface area contributed by atoms with Crippen molar-refractivity contribution in [3.05, 3.63) is 18.0 Å². The zero-order valence-corrected chi connectivity index (χ0v) is 13.6. The van der Waals surface area contributed by atoms with Gasteiger partial charge in [-0.2, -0.15) is 0 Å². The molecule has 0 spiro atoms. The van der Waals surface area contributed by atoms with Crippen molar-refractivity contribution < 1.29 is 17.9 Å². The van der Waals surface area contributed by atoms with E-state index in [1.807, 2.05) is 6.92 Å². The summed E-state index contributed by atoms with van der Waals surface area (Å²) in [6, 6.07) is 1.39. The summed E-state index contributed by atoms with van der Waals surface area (Å²) in [4.78, 5) is 12.2. The molecule has 1 aliphatic carbocycles. The predicted molar refractivity (Wildman–Crippen MR) is 79.0 cm³/mol. The molecule has 1 heterocycles. The quantitative estimate of drug-likeness (QED) is 0.804. The van der Waals surface area contributed by atoms with E-state index in [-0.39, 0.29) is 22.9 Å². The van der Waals surface area contributed by atoms with Crippen LogP contribution in [0.5, 0.6) is 0 Å². The molecule has 1 aliphatic rings. The predicted octanol–water partition coefficient (Wildman–Crippen LogP) is 1.73. The Bertz CT molecular complexity index is 620. The van der Waals surface area contributed by atoms with Crippen molar-refractivity contribution >= 4 is 25.6 Å². The molecule has 0 saturated heterocycles. The van der Waals surface area contributed by atoms with Crippen LogP contribution in [0.1, 0.15) is 36.7 Å². The summed E-state index contributed by atoms with van der Waals surface area (Å²) in [7, 11) is 3.15. The highest BCUT2D eigenvalue weighted by Gasteiger charge is 2.31. The van der Waals surface area contributed by atoms with E-state index in [2.05, 4.69) is 5.32 Å². The van der Waals surface area contributed by atoms with Crippen LogP contribution in [-0.4, -0.2) is 38.1 Å². The van der Waals surface area contributed by atoms with Gasteiger partial charge >= 0.3 is 0 Å². The van der Waals surface area contributed by atoms with Crippen LogP contribution in [0.25, 0.3) is 0 Å². The van der Waals surface area contributed by atoms with Crippen LogP contribution < -0.4 is 5.32 Å². The second-order valence-corrected chi connectivity index (χ2v) is 7.76. The van der Waals surface area contributed by atoms with Gasteiger partial charge in [0.05, 0.1) is 6.10 Å². The van der Waals surface area contributed by atoms with Gasteiger partial charge < -0.3 is 14.6 Å². The lowest BCUT2D eigenvalue weighted by molar-refractivity contribution is 0.0175. The van der Waals surface area contributed by atoms with Gasteiger partial charge in [-0.1, -0.05) is 6.92 Å². The summed E-state index contributed by atoms with van der Waals surface area (Å²) in [5.41, 5.74) is 0.317. The van der Waals surface area contributed by atoms with E-state index in [4.69, 9.17) is 15.4 Å². The van der Waals surface area contributed by atoms with Gasteiger partial charge in [0.1, 0.15) is 10.6 Å². The Morgan fingerprint density at radius 1 is 1.52 bits per heavy atom. The average Bonchev–Trinajstić information content (AvgIpc) is 2.77. The fourth-order valence-corrected chi connectivity index (χ4v) is 3.13. The van der Waals surface area contributed by atoms with Crippen LogP contribution in [0.4, 0.5) is 0 Å². The number of aryl methyl sites for hydroxylation is 1. The zero-order chi connectivity index (χ0) is 15.6. The lowest BCUT2D eigenvalue weighted by Gasteiger charge is -2.34. The number of carbonyl (C=O) groups is 1. The summed E-state index contributed by atoms with van der Waals surface area (Å²) >= 11 is 0. The van der Waals surface area contributed by atoms with Crippen LogP contribution >= 0.6 is 10.7 Å². The topological polar surface area (TPSA) is 77.4 Å². The van der Waals surface area contributed by atoms with Crippen molar-refractivity contribution in [1.82, 2.24) is 9.88 Å². The van der Waals surface area contributed by atoms with Crippen molar-refractivity contribution in [3.63, 3.8) is 0 Å². The molecule has 1 amide bonds. The highest BCUT2D eigenvalue weighted by molar-refractivity contribution is 8.13. The standard InChI is InChI=1S/C13H19ClN2O4S/c1-3-4-16-8-11(21(14,18)19)7-12(16)13(17)15-9-5-10(6-9)20-2/h7-10H,3-6H2,1-2H3,(H,15,17). The van der Waals surface area contributed by atoms with Gasteiger partial charge in [-0.15, -0.1) is 0 Å². The smallest absolute Gasteiger partial charge is 0.268 e. The van der Waals surface area contributed by atoms with Crippen molar-refractivity contribution in [2.45, 2.75) is 49.8 Å². The molecule has 6 nitrogen and oxygen atoms in total. The van der Waals surface area contributed by atoms with Crippen LogP contribution in [0.15, 0.2) is 17.2 Å². The number of nitrogens with zero attached hydrogens (tertiary/aromatic N) is 1. The number of halogens is 1. The third-order valence-electron chi connectivity index (χ3n) is 3.61. The number of aromatic nitrogens is 1. The number of ether oxygens (including phenoxy) is 1. The summed E-state index contributed by atoms with van der Waals surface area (Å²) in [5, 5.41) is 2.88. The molecule has 2 rings (SSSR count). The first kappa shape index (κ1) is 16.3. The Labute approximate surface area is 128 Å². The van der Waals surface area contributed by atoms with Crippen molar-refractivity contribution in [2.75, 3.05) is 7.11 Å². The monoisotopic (exact) mass is 334 g/mol. The summed E-state index contributed by atoms with van der Waals surface area (Å²) < 4.78 is 29.6. The number of rotatable bonds is 6. The van der Waals surface area contributed by atoms with Gasteiger partial charge in [-0.05, 0) is 25.3 Å². The highest BCUT2D eigenvalue weighted by Crippen LogP contribution is 2.24. The second-order valence-electron chi connectivity index (χ2n) is 5.19. The Hall–Kier alpha value is -1.05. The Balaban J connectivity index is 2.14. The molecule has 1 aromatic heterocycles. The highest BCUT2D eigenvalue weighted by atomic mass is 35.7. The Morgan fingerprint density at radius 2 is 2.19 bits per heavy atom. The average molecular weight is 335 g/mol. The molecule has 0 aliphatic heterocycles. The summed E-state index contributed by atoms with van der Waals surface area (Å²) in [6.07, 6.45) is 3.93. The molecule has 0 radical (unpaired) electrons. The zero-order valence-electron chi connectivity index (χ0n) is 12.0. The number of carbonyl (C=O) groups excluding carboxylic acids is 1. The number of nitrogens with one attached hydrogen (secondary N) is 1. The van der Waals surface area contributed by atoms with Crippen molar-refractivity contribution in [2.24, 2.45) is 0 Å². The summed E-state index contributed by atoms with van der Waals surface area (Å²) in [6.45, 7) is 2.51. The van der Waals surface area contributed by atoms with Crippen LogP contribution in [0.3, 0.4) is 0 Å². The molecular weight excluding hydrogens is 316 g/mol. The van der Waals surface area contributed by atoms with Gasteiger partial charge in [0.15, 0.2) is 0 Å². The van der Waals surface area contributed by atoms with E-state index in [0.717, 1.165) is 19.3 Å². The lowest BCUT2D eigenvalue weighted by Crippen LogP contribution is -2.47. The first-order valence-corrected chi connectivity index (χ1v) is 9.14. The minimum absolute atomic E-state index is 0.0499. The minimum atomic E-state index is -3.84. The SMILES string of the molecule is CCCn1cc(S(=O)(=O)Cl)cc1C(=O)NC1CC(OC)C1.